The Morgan fingerprint density at radius 1 is 0.923 bits per heavy atom. The second-order valence-electron chi connectivity index (χ2n) is 12.2. The number of benzene rings is 2. The molecule has 3 heterocycles. The van der Waals surface area contributed by atoms with Crippen molar-refractivity contribution in [1.29, 1.82) is 0 Å². The van der Waals surface area contributed by atoms with Gasteiger partial charge in [-0.1, -0.05) is 18.2 Å². The zero-order chi connectivity index (χ0) is 37.9. The van der Waals surface area contributed by atoms with Gasteiger partial charge in [0.05, 0.1) is 24.4 Å². The first-order valence-electron chi connectivity index (χ1n) is 15.9. The average molecular weight is 729 g/mol. The molecule has 2 aromatic rings. The van der Waals surface area contributed by atoms with Crippen molar-refractivity contribution in [2.24, 2.45) is 11.8 Å². The highest BCUT2D eigenvalue weighted by Crippen LogP contribution is 2.44. The lowest BCUT2D eigenvalue weighted by Crippen LogP contribution is -2.61. The number of carbonyl (C=O) groups is 5. The van der Waals surface area contributed by atoms with E-state index in [1.54, 1.807) is 0 Å². The van der Waals surface area contributed by atoms with Crippen LogP contribution in [0.5, 0.6) is 23.0 Å². The third-order valence-corrected chi connectivity index (χ3v) is 8.86. The number of fused-ring (bicyclic) bond motifs is 1. The number of esters is 4. The number of carbonyl (C=O) groups excluding carboxylic acids is 5. The quantitative estimate of drug-likeness (QED) is 0.0728. The summed E-state index contributed by atoms with van der Waals surface area (Å²) in [5.41, 5.74) is -2.95. The summed E-state index contributed by atoms with van der Waals surface area (Å²) in [6, 6.07) is 7.13. The maximum atomic E-state index is 13.6. The summed E-state index contributed by atoms with van der Waals surface area (Å²) in [6.07, 6.45) is -6.71. The third kappa shape index (κ3) is 7.51. The molecule has 52 heavy (non-hydrogen) atoms. The number of phenols is 4. The van der Waals surface area contributed by atoms with Gasteiger partial charge in [-0.2, -0.15) is 0 Å². The number of cyclic esters (lactones) is 1. The molecular weight excluding hydrogens is 692 g/mol. The fraction of sp³-hybridized carbons (Fsp3) is 0.400. The Morgan fingerprint density at radius 2 is 1.58 bits per heavy atom. The van der Waals surface area contributed by atoms with E-state index in [4.69, 9.17) is 33.2 Å². The minimum absolute atomic E-state index is 0.0809. The summed E-state index contributed by atoms with van der Waals surface area (Å²) >= 11 is 0. The van der Waals surface area contributed by atoms with E-state index in [2.05, 4.69) is 6.58 Å². The number of aliphatic hydroxyl groups is 1. The monoisotopic (exact) mass is 728 g/mol. The molecule has 0 saturated carbocycles. The SMILES string of the molecule is C=C[C@@H]1[C@H](O[C@@H]2O[C@@H](COC(C)=O)[C@@H](CC(=O)c3cccc(O)c3O)[C@H](OC(C)=O)[C@@H]2OC(=O)c2cccc(O)c2O)OC=C2C(=O)OCC[C@]21O. The van der Waals surface area contributed by atoms with Gasteiger partial charge in [-0.3, -0.25) is 14.4 Å². The van der Waals surface area contributed by atoms with E-state index in [9.17, 15) is 49.5 Å². The largest absolute Gasteiger partial charge is 0.504 e. The van der Waals surface area contributed by atoms with Gasteiger partial charge in [0.15, 0.2) is 34.9 Å². The Labute approximate surface area is 295 Å². The molecule has 0 aromatic heterocycles. The first kappa shape index (κ1) is 37.6. The molecule has 0 amide bonds. The van der Waals surface area contributed by atoms with Crippen molar-refractivity contribution < 1.29 is 82.7 Å². The van der Waals surface area contributed by atoms with Crippen LogP contribution in [0.4, 0.5) is 0 Å². The normalized spacial score (nSPS) is 28.2. The third-order valence-electron chi connectivity index (χ3n) is 8.86. The van der Waals surface area contributed by atoms with Crippen LogP contribution >= 0.6 is 0 Å². The molecule has 5 rings (SSSR count). The number of hydrogen-bond acceptors (Lipinski definition) is 17. The van der Waals surface area contributed by atoms with E-state index in [-0.39, 0.29) is 24.2 Å². The second kappa shape index (κ2) is 15.3. The number of phenolic OH excluding ortho intramolecular Hbond substituents is 4. The van der Waals surface area contributed by atoms with Crippen LogP contribution in [0.2, 0.25) is 0 Å². The predicted octanol–water partition coefficient (Wildman–Crippen LogP) is 1.88. The molecule has 8 atom stereocenters. The summed E-state index contributed by atoms with van der Waals surface area (Å²) < 4.78 is 39.7. The standard InChI is InChI=1S/C35H36O17/c1-4-21-33(48-14-22-32(44)46-12-11-35(21,22)45)52-34-30(51-31(43)19-8-6-10-24(39)28(19)42)29(49-17(3)37)20(26(50-34)15-47-16(2)36)13-25(40)18-7-5-9-23(38)27(18)41/h4-10,14,20-21,26,29-30,33-34,38-39,41-42,45H,1,11-13,15H2,2-3H3/t20-,21-,26+,29+,30+,33+,34+,35-/m1/s1. The van der Waals surface area contributed by atoms with Gasteiger partial charge in [-0.05, 0) is 24.3 Å². The van der Waals surface area contributed by atoms with Crippen LogP contribution in [0.25, 0.3) is 0 Å². The topological polar surface area (TPSA) is 251 Å². The smallest absolute Gasteiger partial charge is 0.342 e. The predicted molar refractivity (Wildman–Crippen MR) is 170 cm³/mol. The van der Waals surface area contributed by atoms with Crippen LogP contribution in [0.3, 0.4) is 0 Å². The Kier molecular flexibility index (Phi) is 11.1. The molecule has 2 saturated heterocycles. The molecule has 17 heteroatoms. The lowest BCUT2D eigenvalue weighted by Gasteiger charge is -2.48. The van der Waals surface area contributed by atoms with E-state index < -0.39 is 120 Å². The summed E-state index contributed by atoms with van der Waals surface area (Å²) in [5, 5.41) is 52.5. The Balaban J connectivity index is 1.59. The maximum absolute atomic E-state index is 13.6. The van der Waals surface area contributed by atoms with Crippen molar-refractivity contribution in [3.05, 3.63) is 72.0 Å². The molecule has 2 fully saturated rings. The summed E-state index contributed by atoms with van der Waals surface area (Å²) in [7, 11) is 0. The molecule has 2 aromatic carbocycles. The molecule has 0 spiro atoms. The Morgan fingerprint density at radius 3 is 2.21 bits per heavy atom. The van der Waals surface area contributed by atoms with Crippen LogP contribution in [0.1, 0.15) is 47.4 Å². The molecule has 3 aliphatic rings. The molecular formula is C35H36O17. The number of rotatable bonds is 11. The van der Waals surface area contributed by atoms with Crippen LogP contribution in [-0.4, -0.2) is 105 Å². The number of ether oxygens (including phenoxy) is 7. The highest BCUT2D eigenvalue weighted by Gasteiger charge is 2.56. The van der Waals surface area contributed by atoms with Gasteiger partial charge in [-0.15, -0.1) is 6.58 Å². The molecule has 0 bridgehead atoms. The first-order chi connectivity index (χ1) is 24.7. The fourth-order valence-corrected chi connectivity index (χ4v) is 6.30. The van der Waals surface area contributed by atoms with Crippen LogP contribution < -0.4 is 0 Å². The summed E-state index contributed by atoms with van der Waals surface area (Å²) in [5.74, 6) is -9.97. The van der Waals surface area contributed by atoms with Gasteiger partial charge in [0, 0.05) is 32.6 Å². The minimum Gasteiger partial charge on any atom is -0.504 e. The minimum atomic E-state index is -1.89. The Hall–Kier alpha value is -5.65. The maximum Gasteiger partial charge on any atom is 0.342 e. The summed E-state index contributed by atoms with van der Waals surface area (Å²) in [6.45, 7) is 5.14. The number of para-hydroxylation sites is 2. The van der Waals surface area contributed by atoms with E-state index in [0.717, 1.165) is 38.3 Å². The van der Waals surface area contributed by atoms with Gasteiger partial charge in [0.1, 0.15) is 35.6 Å². The molecule has 5 N–H and O–H groups in total. The van der Waals surface area contributed by atoms with E-state index >= 15 is 0 Å². The van der Waals surface area contributed by atoms with Crippen molar-refractivity contribution in [2.75, 3.05) is 13.2 Å². The van der Waals surface area contributed by atoms with E-state index in [1.165, 1.54) is 24.3 Å². The van der Waals surface area contributed by atoms with Gasteiger partial charge in [0.25, 0.3) is 0 Å². The summed E-state index contributed by atoms with van der Waals surface area (Å²) in [4.78, 5) is 64.3. The van der Waals surface area contributed by atoms with Gasteiger partial charge in [0.2, 0.25) is 12.6 Å². The zero-order valence-electron chi connectivity index (χ0n) is 27.8. The number of aromatic hydroxyl groups is 4. The molecule has 0 aliphatic carbocycles. The van der Waals surface area contributed by atoms with Crippen molar-refractivity contribution >= 4 is 29.7 Å². The lowest BCUT2D eigenvalue weighted by molar-refractivity contribution is -0.337. The van der Waals surface area contributed by atoms with Crippen LogP contribution in [-0.2, 0) is 47.5 Å². The lowest BCUT2D eigenvalue weighted by atomic mass is 9.76. The highest BCUT2D eigenvalue weighted by atomic mass is 16.8. The van der Waals surface area contributed by atoms with Crippen molar-refractivity contribution in [3.8, 4) is 23.0 Å². The number of hydrogen-bond donors (Lipinski definition) is 5. The molecule has 0 radical (unpaired) electrons. The van der Waals surface area contributed by atoms with E-state index in [0.29, 0.717) is 0 Å². The molecule has 278 valence electrons. The van der Waals surface area contributed by atoms with Crippen molar-refractivity contribution in [3.63, 3.8) is 0 Å². The van der Waals surface area contributed by atoms with Gasteiger partial charge in [-0.25, -0.2) is 9.59 Å². The molecule has 17 nitrogen and oxygen atoms in total. The van der Waals surface area contributed by atoms with Gasteiger partial charge >= 0.3 is 23.9 Å². The second-order valence-corrected chi connectivity index (χ2v) is 12.2. The number of ketones is 1. The Bertz CT molecular complexity index is 1780. The van der Waals surface area contributed by atoms with E-state index in [1.807, 2.05) is 0 Å². The fourth-order valence-electron chi connectivity index (χ4n) is 6.30. The van der Waals surface area contributed by atoms with Crippen molar-refractivity contribution in [2.45, 2.75) is 63.2 Å². The van der Waals surface area contributed by atoms with Crippen LogP contribution in [0, 0.1) is 11.8 Å². The highest BCUT2D eigenvalue weighted by molar-refractivity contribution is 5.99. The number of Topliss-reactive ketones (excluding diaryl/α,β-unsaturated/α-hetero) is 1. The zero-order valence-corrected chi connectivity index (χ0v) is 27.8. The molecule has 3 aliphatic heterocycles. The van der Waals surface area contributed by atoms with Gasteiger partial charge < -0.3 is 58.7 Å². The molecule has 0 unspecified atom stereocenters. The van der Waals surface area contributed by atoms with Crippen LogP contribution in [0.15, 0.2) is 60.9 Å². The van der Waals surface area contributed by atoms with Crippen molar-refractivity contribution in [1.82, 2.24) is 0 Å². The first-order valence-corrected chi connectivity index (χ1v) is 15.9. The average Bonchev–Trinajstić information content (AvgIpc) is 3.08.